The van der Waals surface area contributed by atoms with E-state index in [0.717, 1.165) is 5.69 Å². The minimum absolute atomic E-state index is 0.0112. The van der Waals surface area contributed by atoms with E-state index in [-0.39, 0.29) is 17.8 Å². The molecular weight excluding hydrogens is 376 g/mol. The lowest BCUT2D eigenvalue weighted by atomic mass is 10.0. The van der Waals surface area contributed by atoms with Gasteiger partial charge < -0.3 is 14.6 Å². The summed E-state index contributed by atoms with van der Waals surface area (Å²) >= 11 is 5.51. The maximum Gasteiger partial charge on any atom is 0.280 e. The second kappa shape index (κ2) is 7.40. The average Bonchev–Trinajstić information content (AvgIpc) is 3.32. The van der Waals surface area contributed by atoms with Crippen LogP contribution in [0.15, 0.2) is 65.2 Å². The Morgan fingerprint density at radius 2 is 2.00 bits per heavy atom. The molecule has 7 nitrogen and oxygen atoms in total. The van der Waals surface area contributed by atoms with E-state index in [4.69, 9.17) is 16.6 Å². The highest BCUT2D eigenvalue weighted by molar-refractivity contribution is 7.80. The zero-order chi connectivity index (χ0) is 19.7. The van der Waals surface area contributed by atoms with Crippen molar-refractivity contribution in [1.82, 2.24) is 15.2 Å². The molecule has 0 saturated carbocycles. The minimum Gasteiger partial charge on any atom is -0.459 e. The molecular formula is C20H18N4O3S. The summed E-state index contributed by atoms with van der Waals surface area (Å²) in [7, 11) is 0. The molecule has 3 heterocycles. The van der Waals surface area contributed by atoms with Crippen LogP contribution in [-0.2, 0) is 0 Å². The zero-order valence-electron chi connectivity index (χ0n) is 15.1. The smallest absolute Gasteiger partial charge is 0.280 e. The SMILES string of the molecule is CCN1C(=S)N[C@H](c2ccccn2)[C@H]1c1ccc(-c2ccccc2[N+](=O)[O-])o1. The van der Waals surface area contributed by atoms with Crippen LogP contribution >= 0.6 is 12.2 Å². The zero-order valence-corrected chi connectivity index (χ0v) is 15.9. The van der Waals surface area contributed by atoms with Gasteiger partial charge >= 0.3 is 0 Å². The van der Waals surface area contributed by atoms with Crippen LogP contribution < -0.4 is 5.32 Å². The monoisotopic (exact) mass is 394 g/mol. The van der Waals surface area contributed by atoms with Crippen molar-refractivity contribution in [2.45, 2.75) is 19.0 Å². The summed E-state index contributed by atoms with van der Waals surface area (Å²) in [4.78, 5) is 17.5. The van der Waals surface area contributed by atoms with Crippen molar-refractivity contribution in [2.24, 2.45) is 0 Å². The van der Waals surface area contributed by atoms with Gasteiger partial charge in [0.2, 0.25) is 0 Å². The molecule has 0 unspecified atom stereocenters. The molecule has 0 bridgehead atoms. The number of thiocarbonyl (C=S) groups is 1. The highest BCUT2D eigenvalue weighted by atomic mass is 32.1. The number of nitro benzene ring substituents is 1. The van der Waals surface area contributed by atoms with E-state index in [1.54, 1.807) is 30.5 Å². The fraction of sp³-hybridized carbons (Fsp3) is 0.200. The van der Waals surface area contributed by atoms with Crippen molar-refractivity contribution in [3.63, 3.8) is 0 Å². The number of aromatic nitrogens is 1. The highest BCUT2D eigenvalue weighted by Gasteiger charge is 2.41. The van der Waals surface area contributed by atoms with Crippen LogP contribution in [0.5, 0.6) is 0 Å². The predicted molar refractivity (Wildman–Crippen MR) is 109 cm³/mol. The lowest BCUT2D eigenvalue weighted by Crippen LogP contribution is -2.29. The molecule has 142 valence electrons. The van der Waals surface area contributed by atoms with Crippen molar-refractivity contribution in [1.29, 1.82) is 0 Å². The first-order valence-corrected chi connectivity index (χ1v) is 9.32. The Morgan fingerprint density at radius 1 is 1.21 bits per heavy atom. The summed E-state index contributed by atoms with van der Waals surface area (Å²) in [5.41, 5.74) is 1.32. The van der Waals surface area contributed by atoms with E-state index in [1.165, 1.54) is 6.07 Å². The first kappa shape index (κ1) is 18.1. The average molecular weight is 394 g/mol. The molecule has 1 saturated heterocycles. The van der Waals surface area contributed by atoms with Crippen molar-refractivity contribution >= 4 is 23.0 Å². The van der Waals surface area contributed by atoms with Gasteiger partial charge in [0.05, 0.1) is 22.2 Å². The molecule has 4 rings (SSSR count). The minimum atomic E-state index is -0.404. The molecule has 1 aliphatic heterocycles. The molecule has 0 spiro atoms. The van der Waals surface area contributed by atoms with E-state index in [0.29, 0.717) is 28.7 Å². The third-order valence-corrected chi connectivity index (χ3v) is 5.18. The van der Waals surface area contributed by atoms with Crippen LogP contribution in [0.3, 0.4) is 0 Å². The summed E-state index contributed by atoms with van der Waals surface area (Å²) in [6, 6.07) is 15.5. The lowest BCUT2D eigenvalue weighted by molar-refractivity contribution is -0.384. The number of rotatable bonds is 5. The van der Waals surface area contributed by atoms with Crippen LogP contribution in [0.1, 0.15) is 30.5 Å². The fourth-order valence-electron chi connectivity index (χ4n) is 3.55. The van der Waals surface area contributed by atoms with Crippen LogP contribution in [-0.4, -0.2) is 26.5 Å². The largest absolute Gasteiger partial charge is 0.459 e. The Bertz CT molecular complexity index is 1020. The van der Waals surface area contributed by atoms with Crippen molar-refractivity contribution < 1.29 is 9.34 Å². The number of hydrogen-bond donors (Lipinski definition) is 1. The van der Waals surface area contributed by atoms with Crippen molar-refractivity contribution in [3.05, 3.63) is 82.4 Å². The van der Waals surface area contributed by atoms with Crippen molar-refractivity contribution in [2.75, 3.05) is 6.54 Å². The maximum atomic E-state index is 11.4. The Hall–Kier alpha value is -3.26. The predicted octanol–water partition coefficient (Wildman–Crippen LogP) is 4.24. The van der Waals surface area contributed by atoms with Crippen LogP contribution in [0.4, 0.5) is 5.69 Å². The van der Waals surface area contributed by atoms with Gasteiger partial charge in [-0.1, -0.05) is 18.2 Å². The van der Waals surface area contributed by atoms with E-state index >= 15 is 0 Å². The molecule has 1 aliphatic rings. The highest BCUT2D eigenvalue weighted by Crippen LogP contribution is 2.41. The Morgan fingerprint density at radius 3 is 2.71 bits per heavy atom. The quantitative estimate of drug-likeness (QED) is 0.393. The number of para-hydroxylation sites is 1. The van der Waals surface area contributed by atoms with E-state index in [1.807, 2.05) is 36.1 Å². The number of likely N-dealkylation sites (N-methyl/N-ethyl adjacent to an activating group) is 1. The van der Waals surface area contributed by atoms with E-state index < -0.39 is 4.92 Å². The molecule has 2 atom stereocenters. The van der Waals surface area contributed by atoms with Gasteiger partial charge in [-0.2, -0.15) is 0 Å². The first-order valence-electron chi connectivity index (χ1n) is 8.91. The number of pyridine rings is 1. The molecule has 8 heteroatoms. The van der Waals surface area contributed by atoms with Crippen molar-refractivity contribution in [3.8, 4) is 11.3 Å². The van der Waals surface area contributed by atoms with Gasteiger partial charge in [-0.05, 0) is 49.5 Å². The third kappa shape index (κ3) is 3.11. The van der Waals surface area contributed by atoms with Gasteiger partial charge in [-0.3, -0.25) is 15.1 Å². The summed E-state index contributed by atoms with van der Waals surface area (Å²) < 4.78 is 6.10. The van der Waals surface area contributed by atoms with E-state index in [2.05, 4.69) is 10.3 Å². The lowest BCUT2D eigenvalue weighted by Gasteiger charge is -2.24. The second-order valence-electron chi connectivity index (χ2n) is 6.39. The van der Waals surface area contributed by atoms with E-state index in [9.17, 15) is 10.1 Å². The Labute approximate surface area is 167 Å². The summed E-state index contributed by atoms with van der Waals surface area (Å²) in [5.74, 6) is 1.13. The fourth-order valence-corrected chi connectivity index (χ4v) is 3.92. The topological polar surface area (TPSA) is 84.4 Å². The van der Waals surface area contributed by atoms with Gasteiger partial charge in [0, 0.05) is 18.8 Å². The molecule has 0 amide bonds. The van der Waals surface area contributed by atoms with Crippen LogP contribution in [0.2, 0.25) is 0 Å². The Balaban J connectivity index is 1.75. The standard InChI is InChI=1S/C20H18N4O3S/c1-2-23-19(18(22-20(23)28)14-8-5-6-12-21-14)17-11-10-16(27-17)13-7-3-4-9-15(13)24(25)26/h3-12,18-19H,2H2,1H3,(H,22,28)/t18-,19-/m1/s1. The molecule has 28 heavy (non-hydrogen) atoms. The number of hydrogen-bond acceptors (Lipinski definition) is 5. The first-order chi connectivity index (χ1) is 13.6. The molecule has 1 N–H and O–H groups in total. The second-order valence-corrected chi connectivity index (χ2v) is 6.78. The number of nitro groups is 1. The number of benzene rings is 1. The maximum absolute atomic E-state index is 11.4. The molecule has 0 radical (unpaired) electrons. The van der Waals surface area contributed by atoms with Crippen LogP contribution in [0.25, 0.3) is 11.3 Å². The van der Waals surface area contributed by atoms with Gasteiger partial charge in [0.15, 0.2) is 5.11 Å². The third-order valence-electron chi connectivity index (χ3n) is 4.82. The normalized spacial score (nSPS) is 18.9. The number of nitrogens with one attached hydrogen (secondary N) is 1. The number of nitrogens with zero attached hydrogens (tertiary/aromatic N) is 3. The molecule has 0 aliphatic carbocycles. The number of furan rings is 1. The van der Waals surface area contributed by atoms with Crippen LogP contribution in [0, 0.1) is 10.1 Å². The molecule has 1 fully saturated rings. The summed E-state index contributed by atoms with van der Waals surface area (Å²) in [5, 5.41) is 15.3. The van der Waals surface area contributed by atoms with Gasteiger partial charge in [0.25, 0.3) is 5.69 Å². The summed E-state index contributed by atoms with van der Waals surface area (Å²) in [6.07, 6.45) is 1.74. The van der Waals surface area contributed by atoms with Gasteiger partial charge in [-0.25, -0.2) is 0 Å². The summed E-state index contributed by atoms with van der Waals surface area (Å²) in [6.45, 7) is 2.72. The molecule has 2 aromatic heterocycles. The Kier molecular flexibility index (Phi) is 4.79. The van der Waals surface area contributed by atoms with Gasteiger partial charge in [0.1, 0.15) is 17.6 Å². The molecule has 3 aromatic rings. The van der Waals surface area contributed by atoms with Gasteiger partial charge in [-0.15, -0.1) is 0 Å². The molecule has 1 aromatic carbocycles.